The predicted molar refractivity (Wildman–Crippen MR) is 102 cm³/mol. The van der Waals surface area contributed by atoms with Crippen LogP contribution >= 0.6 is 0 Å². The number of amides is 1. The van der Waals surface area contributed by atoms with E-state index < -0.39 is 0 Å². The van der Waals surface area contributed by atoms with E-state index in [1.165, 1.54) is 11.3 Å². The van der Waals surface area contributed by atoms with Gasteiger partial charge in [-0.2, -0.15) is 0 Å². The SMILES string of the molecule is Cc1cnccc1N1CCCN(C(=O)c2ccc3c(c2)C[C@@H](C)O3)CC1. The number of carbonyl (C=O) groups is 1. The van der Waals surface area contributed by atoms with Crippen LogP contribution in [0.2, 0.25) is 0 Å². The van der Waals surface area contributed by atoms with Crippen molar-refractivity contribution in [1.29, 1.82) is 0 Å². The number of nitrogens with zero attached hydrogens (tertiary/aromatic N) is 3. The highest BCUT2D eigenvalue weighted by atomic mass is 16.5. The summed E-state index contributed by atoms with van der Waals surface area (Å²) in [7, 11) is 0. The van der Waals surface area contributed by atoms with Crippen LogP contribution in [0.4, 0.5) is 5.69 Å². The minimum Gasteiger partial charge on any atom is -0.490 e. The van der Waals surface area contributed by atoms with E-state index in [1.807, 2.05) is 35.5 Å². The molecule has 1 aromatic heterocycles. The molecule has 1 fully saturated rings. The molecule has 26 heavy (non-hydrogen) atoms. The Hall–Kier alpha value is -2.56. The van der Waals surface area contributed by atoms with Gasteiger partial charge >= 0.3 is 0 Å². The first kappa shape index (κ1) is 16.9. The lowest BCUT2D eigenvalue weighted by Crippen LogP contribution is -2.35. The van der Waals surface area contributed by atoms with Crippen LogP contribution in [-0.4, -0.2) is 48.1 Å². The summed E-state index contributed by atoms with van der Waals surface area (Å²) in [6.45, 7) is 7.50. The lowest BCUT2D eigenvalue weighted by atomic mass is 10.1. The zero-order valence-corrected chi connectivity index (χ0v) is 15.4. The third-order valence-electron chi connectivity index (χ3n) is 5.26. The van der Waals surface area contributed by atoms with E-state index in [2.05, 4.69) is 29.8 Å². The van der Waals surface area contributed by atoms with E-state index in [0.717, 1.165) is 55.9 Å². The maximum Gasteiger partial charge on any atom is 0.253 e. The van der Waals surface area contributed by atoms with Crippen LogP contribution in [0.25, 0.3) is 0 Å². The Balaban J connectivity index is 1.47. The molecule has 0 saturated carbocycles. The predicted octanol–water partition coefficient (Wildman–Crippen LogP) is 3.07. The summed E-state index contributed by atoms with van der Waals surface area (Å²) < 4.78 is 5.74. The van der Waals surface area contributed by atoms with Crippen molar-refractivity contribution in [3.8, 4) is 5.75 Å². The number of pyridine rings is 1. The fourth-order valence-electron chi connectivity index (χ4n) is 3.92. The number of rotatable bonds is 2. The molecule has 1 saturated heterocycles. The number of ether oxygens (including phenoxy) is 1. The van der Waals surface area contributed by atoms with Gasteiger partial charge < -0.3 is 14.5 Å². The zero-order chi connectivity index (χ0) is 18.1. The van der Waals surface area contributed by atoms with E-state index in [1.54, 1.807) is 0 Å². The number of benzene rings is 1. The molecular weight excluding hydrogens is 326 g/mol. The topological polar surface area (TPSA) is 45.7 Å². The number of carbonyl (C=O) groups excluding carboxylic acids is 1. The Labute approximate surface area is 154 Å². The fourth-order valence-corrected chi connectivity index (χ4v) is 3.92. The summed E-state index contributed by atoms with van der Waals surface area (Å²) in [5.41, 5.74) is 4.32. The number of aromatic nitrogens is 1. The molecule has 1 atom stereocenters. The van der Waals surface area contributed by atoms with Gasteiger partial charge in [-0.1, -0.05) is 0 Å². The first-order chi connectivity index (χ1) is 12.6. The standard InChI is InChI=1S/C21H25N3O2/c1-15-14-22-7-6-19(15)23-8-3-9-24(11-10-23)21(25)17-4-5-20-18(13-17)12-16(2)26-20/h4-7,13-14,16H,3,8-12H2,1-2H3/t16-/m1/s1. The number of aryl methyl sites for hydroxylation is 1. The van der Waals surface area contributed by atoms with Gasteiger partial charge in [0.15, 0.2) is 0 Å². The lowest BCUT2D eigenvalue weighted by molar-refractivity contribution is 0.0767. The van der Waals surface area contributed by atoms with E-state index in [-0.39, 0.29) is 12.0 Å². The Morgan fingerprint density at radius 2 is 2.08 bits per heavy atom. The molecule has 1 aromatic carbocycles. The van der Waals surface area contributed by atoms with Crippen molar-refractivity contribution in [2.75, 3.05) is 31.1 Å². The van der Waals surface area contributed by atoms with Crippen molar-refractivity contribution in [2.24, 2.45) is 0 Å². The molecule has 2 aliphatic heterocycles. The summed E-state index contributed by atoms with van der Waals surface area (Å²) in [6, 6.07) is 7.91. The van der Waals surface area contributed by atoms with Crippen LogP contribution in [0.1, 0.15) is 34.8 Å². The summed E-state index contributed by atoms with van der Waals surface area (Å²) in [5, 5.41) is 0. The van der Waals surface area contributed by atoms with Crippen molar-refractivity contribution >= 4 is 11.6 Å². The maximum absolute atomic E-state index is 13.0. The smallest absolute Gasteiger partial charge is 0.253 e. The van der Waals surface area contributed by atoms with Crippen LogP contribution in [0.3, 0.4) is 0 Å². The molecule has 0 aliphatic carbocycles. The quantitative estimate of drug-likeness (QED) is 0.834. The summed E-state index contributed by atoms with van der Waals surface area (Å²) in [5.74, 6) is 1.05. The van der Waals surface area contributed by atoms with Gasteiger partial charge in [0, 0.05) is 56.2 Å². The van der Waals surface area contributed by atoms with Crippen LogP contribution in [0, 0.1) is 6.92 Å². The van der Waals surface area contributed by atoms with E-state index >= 15 is 0 Å². The van der Waals surface area contributed by atoms with E-state index in [0.29, 0.717) is 0 Å². The zero-order valence-electron chi connectivity index (χ0n) is 15.4. The number of fused-ring (bicyclic) bond motifs is 1. The first-order valence-electron chi connectivity index (χ1n) is 9.36. The Kier molecular flexibility index (Phi) is 4.53. The maximum atomic E-state index is 13.0. The van der Waals surface area contributed by atoms with E-state index in [4.69, 9.17) is 4.74 Å². The van der Waals surface area contributed by atoms with Gasteiger partial charge in [0.1, 0.15) is 11.9 Å². The average Bonchev–Trinajstić information content (AvgIpc) is 2.85. The second-order valence-corrected chi connectivity index (χ2v) is 7.25. The van der Waals surface area contributed by atoms with Gasteiger partial charge in [-0.15, -0.1) is 0 Å². The fraction of sp³-hybridized carbons (Fsp3) is 0.429. The highest BCUT2D eigenvalue weighted by molar-refractivity contribution is 5.94. The van der Waals surface area contributed by atoms with Crippen LogP contribution in [-0.2, 0) is 6.42 Å². The molecule has 4 rings (SSSR count). The summed E-state index contributed by atoms with van der Waals surface area (Å²) in [4.78, 5) is 21.5. The second-order valence-electron chi connectivity index (χ2n) is 7.25. The molecule has 1 amide bonds. The van der Waals surface area contributed by atoms with Gasteiger partial charge in [-0.3, -0.25) is 9.78 Å². The number of anilines is 1. The van der Waals surface area contributed by atoms with Crippen molar-refractivity contribution in [1.82, 2.24) is 9.88 Å². The molecule has 2 aliphatic rings. The van der Waals surface area contributed by atoms with E-state index in [9.17, 15) is 4.79 Å². The highest BCUT2D eigenvalue weighted by Crippen LogP contribution is 2.30. The van der Waals surface area contributed by atoms with Crippen molar-refractivity contribution in [3.05, 3.63) is 53.3 Å². The van der Waals surface area contributed by atoms with Crippen LogP contribution in [0.5, 0.6) is 5.75 Å². The van der Waals surface area contributed by atoms with Gasteiger partial charge in [-0.05, 0) is 55.7 Å². The van der Waals surface area contributed by atoms with Crippen molar-refractivity contribution in [3.63, 3.8) is 0 Å². The molecule has 0 unspecified atom stereocenters. The highest BCUT2D eigenvalue weighted by Gasteiger charge is 2.24. The summed E-state index contributed by atoms with van der Waals surface area (Å²) >= 11 is 0. The van der Waals surface area contributed by atoms with Gasteiger partial charge in [-0.25, -0.2) is 0 Å². The van der Waals surface area contributed by atoms with Gasteiger partial charge in [0.05, 0.1) is 0 Å². The molecule has 0 bridgehead atoms. The molecule has 5 nitrogen and oxygen atoms in total. The van der Waals surface area contributed by atoms with Crippen molar-refractivity contribution in [2.45, 2.75) is 32.8 Å². The van der Waals surface area contributed by atoms with Crippen molar-refractivity contribution < 1.29 is 9.53 Å². The van der Waals surface area contributed by atoms with Crippen LogP contribution < -0.4 is 9.64 Å². The first-order valence-corrected chi connectivity index (χ1v) is 9.36. The van der Waals surface area contributed by atoms with Gasteiger partial charge in [0.25, 0.3) is 5.91 Å². The number of hydrogen-bond acceptors (Lipinski definition) is 4. The monoisotopic (exact) mass is 351 g/mol. The Morgan fingerprint density at radius 3 is 2.92 bits per heavy atom. The lowest BCUT2D eigenvalue weighted by Gasteiger charge is -2.25. The van der Waals surface area contributed by atoms with Gasteiger partial charge in [0.2, 0.25) is 0 Å². The minimum absolute atomic E-state index is 0.126. The average molecular weight is 351 g/mol. The third-order valence-corrected chi connectivity index (χ3v) is 5.26. The molecule has 3 heterocycles. The Bertz CT molecular complexity index is 821. The Morgan fingerprint density at radius 1 is 1.19 bits per heavy atom. The largest absolute Gasteiger partial charge is 0.490 e. The third kappa shape index (κ3) is 3.26. The second kappa shape index (κ2) is 6.98. The summed E-state index contributed by atoms with van der Waals surface area (Å²) in [6.07, 6.45) is 5.79. The molecule has 0 spiro atoms. The number of hydrogen-bond donors (Lipinski definition) is 0. The molecule has 0 radical (unpaired) electrons. The molecule has 0 N–H and O–H groups in total. The molecular formula is C21H25N3O2. The van der Waals surface area contributed by atoms with Crippen LogP contribution in [0.15, 0.2) is 36.7 Å². The minimum atomic E-state index is 0.126. The molecule has 5 heteroatoms. The molecule has 2 aromatic rings. The normalized spacial score (nSPS) is 19.7. The molecule has 136 valence electrons.